The smallest absolute Gasteiger partial charge is 0.0544 e. The quantitative estimate of drug-likeness (QED) is 0.621. The van der Waals surface area contributed by atoms with E-state index in [0.717, 1.165) is 31.0 Å². The fraction of sp³-hybridized carbons (Fsp3) is 0.273. The number of rotatable bonds is 8. The fourth-order valence-corrected chi connectivity index (χ4v) is 3.16. The molecular formula is C22H26N4. The van der Waals surface area contributed by atoms with Gasteiger partial charge in [0.2, 0.25) is 0 Å². The van der Waals surface area contributed by atoms with Crippen molar-refractivity contribution in [2.75, 3.05) is 20.6 Å². The molecule has 0 spiro atoms. The van der Waals surface area contributed by atoms with E-state index in [0.29, 0.717) is 0 Å². The highest BCUT2D eigenvalue weighted by molar-refractivity contribution is 5.20. The van der Waals surface area contributed by atoms with Gasteiger partial charge in [0.1, 0.15) is 0 Å². The van der Waals surface area contributed by atoms with Crippen molar-refractivity contribution >= 4 is 0 Å². The van der Waals surface area contributed by atoms with Crippen molar-refractivity contribution in [1.82, 2.24) is 19.8 Å². The van der Waals surface area contributed by atoms with Crippen LogP contribution in [0.3, 0.4) is 0 Å². The summed E-state index contributed by atoms with van der Waals surface area (Å²) in [6.07, 6.45) is 3.71. The standard InChI is InChI=1S/C22H26N4/c1-25(16-20-12-6-8-14-23-20)18-22(19-10-4-3-5-11-19)26(2)17-21-13-7-9-15-24-21/h3-15,22H,16-18H2,1-2H3/t22-/m0/s1. The summed E-state index contributed by atoms with van der Waals surface area (Å²) < 4.78 is 0. The van der Waals surface area contributed by atoms with Crippen molar-refractivity contribution in [2.24, 2.45) is 0 Å². The van der Waals surface area contributed by atoms with Gasteiger partial charge in [-0.1, -0.05) is 42.5 Å². The first kappa shape index (κ1) is 18.2. The van der Waals surface area contributed by atoms with Crippen LogP contribution < -0.4 is 0 Å². The van der Waals surface area contributed by atoms with Crippen LogP contribution in [-0.4, -0.2) is 40.4 Å². The van der Waals surface area contributed by atoms with E-state index in [-0.39, 0.29) is 6.04 Å². The molecular weight excluding hydrogens is 320 g/mol. The molecule has 0 saturated heterocycles. The summed E-state index contributed by atoms with van der Waals surface area (Å²) in [6.45, 7) is 2.57. The van der Waals surface area contributed by atoms with Crippen molar-refractivity contribution in [3.05, 3.63) is 96.1 Å². The maximum Gasteiger partial charge on any atom is 0.0544 e. The predicted molar refractivity (Wildman–Crippen MR) is 105 cm³/mol. The molecule has 0 aliphatic heterocycles. The van der Waals surface area contributed by atoms with Gasteiger partial charge in [0.25, 0.3) is 0 Å². The van der Waals surface area contributed by atoms with Gasteiger partial charge < -0.3 is 0 Å². The number of aromatic nitrogens is 2. The van der Waals surface area contributed by atoms with Gasteiger partial charge in [-0.3, -0.25) is 19.8 Å². The Kier molecular flexibility index (Phi) is 6.47. The third-order valence-electron chi connectivity index (χ3n) is 4.50. The van der Waals surface area contributed by atoms with E-state index < -0.39 is 0 Å². The minimum absolute atomic E-state index is 0.284. The van der Waals surface area contributed by atoms with Gasteiger partial charge in [0.05, 0.1) is 11.4 Å². The maximum atomic E-state index is 4.48. The molecule has 0 unspecified atom stereocenters. The van der Waals surface area contributed by atoms with E-state index in [1.54, 1.807) is 0 Å². The van der Waals surface area contributed by atoms with Crippen LogP contribution >= 0.6 is 0 Å². The zero-order chi connectivity index (χ0) is 18.2. The summed E-state index contributed by atoms with van der Waals surface area (Å²) >= 11 is 0. The molecule has 2 aromatic heterocycles. The zero-order valence-corrected chi connectivity index (χ0v) is 15.5. The third-order valence-corrected chi connectivity index (χ3v) is 4.50. The minimum atomic E-state index is 0.284. The van der Waals surface area contributed by atoms with Crippen LogP contribution in [0, 0.1) is 0 Å². The number of pyridine rings is 2. The molecule has 0 amide bonds. The summed E-state index contributed by atoms with van der Waals surface area (Å²) in [5, 5.41) is 0. The van der Waals surface area contributed by atoms with Crippen molar-refractivity contribution in [1.29, 1.82) is 0 Å². The second-order valence-electron chi connectivity index (χ2n) is 6.68. The lowest BCUT2D eigenvalue weighted by molar-refractivity contribution is 0.169. The first-order valence-electron chi connectivity index (χ1n) is 8.96. The molecule has 134 valence electrons. The average Bonchev–Trinajstić information content (AvgIpc) is 2.68. The molecule has 1 aromatic carbocycles. The monoisotopic (exact) mass is 346 g/mol. The lowest BCUT2D eigenvalue weighted by Crippen LogP contribution is -2.34. The molecule has 2 heterocycles. The molecule has 3 aromatic rings. The van der Waals surface area contributed by atoms with E-state index in [1.807, 2.05) is 36.7 Å². The van der Waals surface area contributed by atoms with Crippen LogP contribution in [0.15, 0.2) is 79.1 Å². The Morgan fingerprint density at radius 1 is 0.731 bits per heavy atom. The van der Waals surface area contributed by atoms with Crippen LogP contribution in [0.25, 0.3) is 0 Å². The lowest BCUT2D eigenvalue weighted by atomic mass is 10.0. The van der Waals surface area contributed by atoms with Crippen molar-refractivity contribution in [2.45, 2.75) is 19.1 Å². The normalized spacial score (nSPS) is 12.5. The fourth-order valence-electron chi connectivity index (χ4n) is 3.16. The van der Waals surface area contributed by atoms with E-state index >= 15 is 0 Å². The molecule has 0 aliphatic carbocycles. The van der Waals surface area contributed by atoms with Crippen LogP contribution in [0.1, 0.15) is 23.0 Å². The number of likely N-dealkylation sites (N-methyl/N-ethyl adjacent to an activating group) is 2. The van der Waals surface area contributed by atoms with E-state index in [9.17, 15) is 0 Å². The molecule has 0 N–H and O–H groups in total. The summed E-state index contributed by atoms with van der Waals surface area (Å²) in [5.41, 5.74) is 3.50. The molecule has 1 atom stereocenters. The topological polar surface area (TPSA) is 32.3 Å². The Labute approximate surface area is 156 Å². The van der Waals surface area contributed by atoms with Gasteiger partial charge >= 0.3 is 0 Å². The number of benzene rings is 1. The van der Waals surface area contributed by atoms with Gasteiger partial charge in [-0.05, 0) is 43.9 Å². The molecule has 4 nitrogen and oxygen atoms in total. The Hall–Kier alpha value is -2.56. The second kappa shape index (κ2) is 9.22. The molecule has 0 saturated carbocycles. The van der Waals surface area contributed by atoms with Crippen molar-refractivity contribution in [3.63, 3.8) is 0 Å². The highest BCUT2D eigenvalue weighted by atomic mass is 15.2. The highest BCUT2D eigenvalue weighted by Gasteiger charge is 2.19. The summed E-state index contributed by atoms with van der Waals surface area (Å²) in [6, 6.07) is 23.1. The summed E-state index contributed by atoms with van der Waals surface area (Å²) in [7, 11) is 4.32. The van der Waals surface area contributed by atoms with Gasteiger partial charge in [-0.25, -0.2) is 0 Å². The first-order chi connectivity index (χ1) is 12.7. The SMILES string of the molecule is CN(Cc1ccccn1)C[C@@H](c1ccccc1)N(C)Cc1ccccn1. The van der Waals surface area contributed by atoms with Gasteiger partial charge in [-0.2, -0.15) is 0 Å². The first-order valence-corrected chi connectivity index (χ1v) is 8.96. The van der Waals surface area contributed by atoms with Crippen LogP contribution in [0.2, 0.25) is 0 Å². The molecule has 0 bridgehead atoms. The molecule has 0 radical (unpaired) electrons. The van der Waals surface area contributed by atoms with E-state index in [4.69, 9.17) is 0 Å². The number of nitrogens with zero attached hydrogens (tertiary/aromatic N) is 4. The summed E-state index contributed by atoms with van der Waals surface area (Å²) in [5.74, 6) is 0. The molecule has 26 heavy (non-hydrogen) atoms. The van der Waals surface area contributed by atoms with Crippen molar-refractivity contribution in [3.8, 4) is 0 Å². The summed E-state index contributed by atoms with van der Waals surface area (Å²) in [4.78, 5) is 13.6. The molecule has 4 heteroatoms. The third kappa shape index (κ3) is 5.22. The Morgan fingerprint density at radius 2 is 1.31 bits per heavy atom. The molecule has 0 fully saturated rings. The van der Waals surface area contributed by atoms with Crippen molar-refractivity contribution < 1.29 is 0 Å². The van der Waals surface area contributed by atoms with E-state index in [1.165, 1.54) is 5.56 Å². The maximum absolute atomic E-state index is 4.48. The van der Waals surface area contributed by atoms with Crippen LogP contribution in [0.5, 0.6) is 0 Å². The number of hydrogen-bond acceptors (Lipinski definition) is 4. The zero-order valence-electron chi connectivity index (χ0n) is 15.5. The average molecular weight is 346 g/mol. The van der Waals surface area contributed by atoms with Crippen LogP contribution in [-0.2, 0) is 13.1 Å². The predicted octanol–water partition coefficient (Wildman–Crippen LogP) is 3.78. The van der Waals surface area contributed by atoms with Gasteiger partial charge in [0.15, 0.2) is 0 Å². The lowest BCUT2D eigenvalue weighted by Gasteiger charge is -2.32. The minimum Gasteiger partial charge on any atom is -0.299 e. The molecule has 0 aliphatic rings. The number of hydrogen-bond donors (Lipinski definition) is 0. The van der Waals surface area contributed by atoms with Crippen LogP contribution in [0.4, 0.5) is 0 Å². The molecule has 3 rings (SSSR count). The van der Waals surface area contributed by atoms with Gasteiger partial charge in [-0.15, -0.1) is 0 Å². The Morgan fingerprint density at radius 3 is 1.88 bits per heavy atom. The van der Waals surface area contributed by atoms with E-state index in [2.05, 4.69) is 76.3 Å². The Balaban J connectivity index is 1.73. The largest absolute Gasteiger partial charge is 0.299 e. The second-order valence-corrected chi connectivity index (χ2v) is 6.68. The Bertz CT molecular complexity index is 762. The highest BCUT2D eigenvalue weighted by Crippen LogP contribution is 2.22. The van der Waals surface area contributed by atoms with Gasteiger partial charge in [0, 0.05) is 38.1 Å².